The first-order chi connectivity index (χ1) is 8.06. The summed E-state index contributed by atoms with van der Waals surface area (Å²) in [5, 5.41) is 13.2. The summed E-state index contributed by atoms with van der Waals surface area (Å²) >= 11 is 16.1. The number of anilines is 2. The van der Waals surface area contributed by atoms with Crippen LogP contribution < -0.4 is 21.3 Å². The van der Waals surface area contributed by atoms with Crippen LogP contribution in [0.2, 0.25) is 5.02 Å². The Morgan fingerprint density at radius 1 is 1.06 bits per heavy atom. The minimum Gasteiger partial charge on any atom is -0.366 e. The Balaban J connectivity index is 2.79. The maximum atomic E-state index is 6.10. The minimum absolute atomic E-state index is 0.512. The van der Waals surface area contributed by atoms with E-state index >= 15 is 0 Å². The number of nitrogens with one attached hydrogen (secondary N) is 4. The average Bonchev–Trinajstić information content (AvgIpc) is 2.32. The van der Waals surface area contributed by atoms with Crippen molar-refractivity contribution in [3.63, 3.8) is 0 Å². The Hall–Kier alpha value is -1.11. The first kappa shape index (κ1) is 14.0. The molecule has 7 heteroatoms. The topological polar surface area (TPSA) is 48.1 Å². The van der Waals surface area contributed by atoms with E-state index in [1.165, 1.54) is 0 Å². The molecule has 1 rings (SSSR count). The third kappa shape index (κ3) is 4.33. The lowest BCUT2D eigenvalue weighted by atomic mass is 10.3. The van der Waals surface area contributed by atoms with Gasteiger partial charge in [-0.2, -0.15) is 0 Å². The van der Waals surface area contributed by atoms with Crippen molar-refractivity contribution in [1.29, 1.82) is 0 Å². The molecule has 0 heterocycles. The number of halogens is 1. The van der Waals surface area contributed by atoms with Gasteiger partial charge >= 0.3 is 0 Å². The summed E-state index contributed by atoms with van der Waals surface area (Å²) in [6.07, 6.45) is 0. The van der Waals surface area contributed by atoms with Gasteiger partial charge in [0, 0.05) is 19.8 Å². The van der Waals surface area contributed by atoms with Crippen molar-refractivity contribution in [2.45, 2.75) is 0 Å². The van der Waals surface area contributed by atoms with E-state index in [2.05, 4.69) is 21.3 Å². The van der Waals surface area contributed by atoms with Gasteiger partial charge in [-0.05, 0) is 42.6 Å². The van der Waals surface area contributed by atoms with Gasteiger partial charge in [-0.15, -0.1) is 0 Å². The number of rotatable bonds is 2. The van der Waals surface area contributed by atoms with Crippen molar-refractivity contribution in [2.75, 3.05) is 24.7 Å². The quantitative estimate of drug-likeness (QED) is 0.626. The average molecular weight is 289 g/mol. The highest BCUT2D eigenvalue weighted by molar-refractivity contribution is 7.80. The first-order valence-corrected chi connectivity index (χ1v) is 6.03. The van der Waals surface area contributed by atoms with Crippen LogP contribution in [0.5, 0.6) is 0 Å². The van der Waals surface area contributed by atoms with Crippen LogP contribution in [0, 0.1) is 0 Å². The Kier molecular flexibility index (Phi) is 5.40. The first-order valence-electron chi connectivity index (χ1n) is 4.84. The summed E-state index contributed by atoms with van der Waals surface area (Å²) in [6, 6.07) is 5.45. The van der Waals surface area contributed by atoms with Crippen LogP contribution >= 0.6 is 36.0 Å². The number of thiocarbonyl (C=S) groups is 2. The van der Waals surface area contributed by atoms with Crippen molar-refractivity contribution in [3.05, 3.63) is 23.2 Å². The van der Waals surface area contributed by atoms with E-state index < -0.39 is 0 Å². The molecule has 1 aromatic rings. The predicted octanol–water partition coefficient (Wildman–Crippen LogP) is 2.17. The van der Waals surface area contributed by atoms with Gasteiger partial charge in [-0.1, -0.05) is 11.6 Å². The molecular weight excluding hydrogens is 276 g/mol. The van der Waals surface area contributed by atoms with Crippen molar-refractivity contribution in [2.24, 2.45) is 0 Å². The molecule has 0 spiro atoms. The fraction of sp³-hybridized carbons (Fsp3) is 0.200. The zero-order valence-electron chi connectivity index (χ0n) is 9.43. The van der Waals surface area contributed by atoms with Gasteiger partial charge in [-0.3, -0.25) is 0 Å². The fourth-order valence-electron chi connectivity index (χ4n) is 1.07. The molecule has 0 aliphatic rings. The van der Waals surface area contributed by atoms with E-state index in [9.17, 15) is 0 Å². The molecule has 92 valence electrons. The molecule has 0 fully saturated rings. The van der Waals surface area contributed by atoms with Gasteiger partial charge in [0.25, 0.3) is 0 Å². The van der Waals surface area contributed by atoms with Crippen LogP contribution in [0.25, 0.3) is 0 Å². The van der Waals surface area contributed by atoms with Gasteiger partial charge in [0.2, 0.25) is 0 Å². The largest absolute Gasteiger partial charge is 0.366 e. The number of benzene rings is 1. The summed E-state index contributed by atoms with van der Waals surface area (Å²) in [7, 11) is 3.49. The fourth-order valence-corrected chi connectivity index (χ4v) is 1.53. The van der Waals surface area contributed by atoms with Crippen LogP contribution in [0.15, 0.2) is 18.2 Å². The van der Waals surface area contributed by atoms with Gasteiger partial charge in [0.05, 0.1) is 10.7 Å². The highest BCUT2D eigenvalue weighted by atomic mass is 35.5. The molecule has 17 heavy (non-hydrogen) atoms. The Morgan fingerprint density at radius 2 is 1.65 bits per heavy atom. The van der Waals surface area contributed by atoms with Crippen LogP contribution in [0.3, 0.4) is 0 Å². The van der Waals surface area contributed by atoms with Crippen LogP contribution in [0.1, 0.15) is 0 Å². The van der Waals surface area contributed by atoms with Gasteiger partial charge in [-0.25, -0.2) is 0 Å². The van der Waals surface area contributed by atoms with Crippen molar-refractivity contribution in [1.82, 2.24) is 10.6 Å². The van der Waals surface area contributed by atoms with Crippen molar-refractivity contribution >= 4 is 57.6 Å². The molecule has 0 aliphatic carbocycles. The van der Waals surface area contributed by atoms with E-state index in [1.54, 1.807) is 20.2 Å². The molecule has 0 atom stereocenters. The maximum Gasteiger partial charge on any atom is 0.170 e. The molecule has 0 radical (unpaired) electrons. The van der Waals surface area contributed by atoms with Crippen molar-refractivity contribution in [3.8, 4) is 0 Å². The van der Waals surface area contributed by atoms with E-state index in [-0.39, 0.29) is 0 Å². The minimum atomic E-state index is 0.512. The molecule has 0 unspecified atom stereocenters. The molecule has 0 saturated heterocycles. The summed E-state index contributed by atoms with van der Waals surface area (Å²) in [5.41, 5.74) is 1.56. The summed E-state index contributed by atoms with van der Waals surface area (Å²) in [4.78, 5) is 0. The van der Waals surface area contributed by atoms with Crippen LogP contribution in [0.4, 0.5) is 11.4 Å². The Labute approximate surface area is 116 Å². The highest BCUT2D eigenvalue weighted by Crippen LogP contribution is 2.25. The lowest BCUT2D eigenvalue weighted by Gasteiger charge is -2.11. The molecule has 0 saturated carbocycles. The van der Waals surface area contributed by atoms with Crippen molar-refractivity contribution < 1.29 is 0 Å². The van der Waals surface area contributed by atoms with Gasteiger partial charge in [0.15, 0.2) is 10.2 Å². The van der Waals surface area contributed by atoms with Crippen LogP contribution in [-0.4, -0.2) is 24.3 Å². The third-order valence-corrected chi connectivity index (χ3v) is 2.85. The van der Waals surface area contributed by atoms with Gasteiger partial charge < -0.3 is 21.3 Å². The molecule has 0 aliphatic heterocycles. The SMILES string of the molecule is CNC(=S)Nc1ccc(NC(=S)NC)c(Cl)c1. The van der Waals surface area contributed by atoms with E-state index in [0.29, 0.717) is 15.2 Å². The normalized spacial score (nSPS) is 9.35. The monoisotopic (exact) mass is 288 g/mol. The molecule has 0 amide bonds. The zero-order valence-corrected chi connectivity index (χ0v) is 11.8. The maximum absolute atomic E-state index is 6.10. The van der Waals surface area contributed by atoms with E-state index in [1.807, 2.05) is 12.1 Å². The predicted molar refractivity (Wildman–Crippen MR) is 82.0 cm³/mol. The van der Waals surface area contributed by atoms with E-state index in [4.69, 9.17) is 36.0 Å². The third-order valence-electron chi connectivity index (χ3n) is 1.93. The zero-order chi connectivity index (χ0) is 12.8. The summed E-state index contributed by atoms with van der Waals surface area (Å²) in [6.45, 7) is 0. The molecule has 4 N–H and O–H groups in total. The highest BCUT2D eigenvalue weighted by Gasteiger charge is 2.03. The Morgan fingerprint density at radius 3 is 2.18 bits per heavy atom. The van der Waals surface area contributed by atoms with Gasteiger partial charge in [0.1, 0.15) is 0 Å². The summed E-state index contributed by atoms with van der Waals surface area (Å²) in [5.74, 6) is 0. The molecule has 4 nitrogen and oxygen atoms in total. The lowest BCUT2D eigenvalue weighted by molar-refractivity contribution is 1.19. The molecular formula is C10H13ClN4S2. The van der Waals surface area contributed by atoms with Crippen LogP contribution in [-0.2, 0) is 0 Å². The number of hydrogen-bond donors (Lipinski definition) is 4. The molecule has 1 aromatic carbocycles. The standard InChI is InChI=1S/C10H13ClN4S2/c1-12-9(16)14-6-3-4-8(7(11)5-6)15-10(17)13-2/h3-5H,1-2H3,(H2,12,14,16)(H2,13,15,17). The second-order valence-corrected chi connectivity index (χ2v) is 4.33. The molecule has 0 bridgehead atoms. The second-order valence-electron chi connectivity index (χ2n) is 3.10. The second kappa shape index (κ2) is 6.58. The van der Waals surface area contributed by atoms with E-state index in [0.717, 1.165) is 11.4 Å². The number of hydrogen-bond acceptors (Lipinski definition) is 2. The lowest BCUT2D eigenvalue weighted by Crippen LogP contribution is -2.25. The smallest absolute Gasteiger partial charge is 0.170 e. The Bertz CT molecular complexity index is 436. The molecule has 0 aromatic heterocycles. The summed E-state index contributed by atoms with van der Waals surface area (Å²) < 4.78 is 0.